The lowest BCUT2D eigenvalue weighted by Crippen LogP contribution is -2.29. The van der Waals surface area contributed by atoms with E-state index in [0.717, 1.165) is 11.9 Å². The van der Waals surface area contributed by atoms with Crippen LogP contribution in [0.3, 0.4) is 0 Å². The highest BCUT2D eigenvalue weighted by molar-refractivity contribution is 5.95. The molecule has 0 aliphatic rings. The van der Waals surface area contributed by atoms with E-state index in [1.165, 1.54) is 18.2 Å². The Morgan fingerprint density at radius 2 is 2.05 bits per heavy atom. The second-order valence-electron chi connectivity index (χ2n) is 4.47. The fourth-order valence-electron chi connectivity index (χ4n) is 1.95. The predicted molar refractivity (Wildman–Crippen MR) is 70.7 cm³/mol. The molecule has 0 unspecified atom stereocenters. The summed E-state index contributed by atoms with van der Waals surface area (Å²) >= 11 is 0. The highest BCUT2D eigenvalue weighted by Gasteiger charge is 2.34. The second kappa shape index (κ2) is 5.99. The summed E-state index contributed by atoms with van der Waals surface area (Å²) in [6, 6.07) is 4.73. The molecule has 7 heteroatoms. The number of nitrogens with zero attached hydrogens (tertiary/aromatic N) is 2. The molecule has 2 rings (SSSR count). The number of carbonyl (C=O) groups is 1. The third-order valence-corrected chi connectivity index (χ3v) is 3.04. The minimum Gasteiger partial charge on any atom is -0.350 e. The van der Waals surface area contributed by atoms with E-state index >= 15 is 0 Å². The van der Waals surface area contributed by atoms with E-state index in [2.05, 4.69) is 10.3 Å². The van der Waals surface area contributed by atoms with Gasteiger partial charge in [0.2, 0.25) is 0 Å². The maximum absolute atomic E-state index is 12.8. The Kier molecular flexibility index (Phi) is 4.30. The van der Waals surface area contributed by atoms with Gasteiger partial charge >= 0.3 is 6.18 Å². The van der Waals surface area contributed by atoms with Gasteiger partial charge < -0.3 is 9.88 Å². The minimum atomic E-state index is -4.55. The summed E-state index contributed by atoms with van der Waals surface area (Å²) in [6.07, 6.45) is -1.18. The SMILES string of the molecule is Cc1nccn1CCNC(=O)c1ccccc1C(F)(F)F. The summed E-state index contributed by atoms with van der Waals surface area (Å²) in [6.45, 7) is 2.48. The van der Waals surface area contributed by atoms with Crippen molar-refractivity contribution in [3.8, 4) is 0 Å². The molecule has 1 N–H and O–H groups in total. The van der Waals surface area contributed by atoms with E-state index in [1.807, 2.05) is 0 Å². The van der Waals surface area contributed by atoms with Crippen molar-refractivity contribution in [2.24, 2.45) is 0 Å². The van der Waals surface area contributed by atoms with Crippen LogP contribution in [0, 0.1) is 6.92 Å². The van der Waals surface area contributed by atoms with Gasteiger partial charge in [0.1, 0.15) is 5.82 Å². The van der Waals surface area contributed by atoms with Crippen LogP contribution in [0.15, 0.2) is 36.7 Å². The first kappa shape index (κ1) is 15.1. The number of nitrogens with one attached hydrogen (secondary N) is 1. The molecule has 0 bridgehead atoms. The normalized spacial score (nSPS) is 11.4. The van der Waals surface area contributed by atoms with Gasteiger partial charge in [-0.05, 0) is 19.1 Å². The Hall–Kier alpha value is -2.31. The average Bonchev–Trinajstić information content (AvgIpc) is 2.83. The molecule has 0 fully saturated rings. The fraction of sp³-hybridized carbons (Fsp3) is 0.286. The van der Waals surface area contributed by atoms with Crippen molar-refractivity contribution in [3.63, 3.8) is 0 Å². The zero-order valence-corrected chi connectivity index (χ0v) is 11.3. The number of aryl methyl sites for hydroxylation is 1. The highest BCUT2D eigenvalue weighted by atomic mass is 19.4. The molecule has 112 valence electrons. The molecular formula is C14H14F3N3O. The summed E-state index contributed by atoms with van der Waals surface area (Å²) in [5, 5.41) is 2.49. The van der Waals surface area contributed by atoms with Crippen molar-refractivity contribution in [2.75, 3.05) is 6.54 Å². The number of aromatic nitrogens is 2. The zero-order chi connectivity index (χ0) is 15.5. The molecule has 21 heavy (non-hydrogen) atoms. The van der Waals surface area contributed by atoms with Crippen LogP contribution in [-0.2, 0) is 12.7 Å². The van der Waals surface area contributed by atoms with Crippen molar-refractivity contribution < 1.29 is 18.0 Å². The van der Waals surface area contributed by atoms with E-state index in [0.29, 0.717) is 6.54 Å². The van der Waals surface area contributed by atoms with Gasteiger partial charge in [0.25, 0.3) is 5.91 Å². The number of benzene rings is 1. The molecule has 0 saturated carbocycles. The molecular weight excluding hydrogens is 283 g/mol. The number of rotatable bonds is 4. The summed E-state index contributed by atoms with van der Waals surface area (Å²) in [5.41, 5.74) is -1.30. The summed E-state index contributed by atoms with van der Waals surface area (Å²) in [4.78, 5) is 15.9. The number of halogens is 3. The number of amides is 1. The molecule has 0 atom stereocenters. The van der Waals surface area contributed by atoms with Crippen molar-refractivity contribution in [1.29, 1.82) is 0 Å². The van der Waals surface area contributed by atoms with E-state index in [1.54, 1.807) is 23.9 Å². The van der Waals surface area contributed by atoms with Gasteiger partial charge in [0, 0.05) is 25.5 Å². The highest BCUT2D eigenvalue weighted by Crippen LogP contribution is 2.31. The van der Waals surface area contributed by atoms with Crippen LogP contribution in [0.2, 0.25) is 0 Å². The first-order chi connectivity index (χ1) is 9.89. The molecule has 1 heterocycles. The number of hydrogen-bond acceptors (Lipinski definition) is 2. The lowest BCUT2D eigenvalue weighted by molar-refractivity contribution is -0.137. The number of carbonyl (C=O) groups excluding carboxylic acids is 1. The zero-order valence-electron chi connectivity index (χ0n) is 11.3. The quantitative estimate of drug-likeness (QED) is 0.943. The van der Waals surface area contributed by atoms with Crippen LogP contribution >= 0.6 is 0 Å². The maximum atomic E-state index is 12.8. The van der Waals surface area contributed by atoms with E-state index in [9.17, 15) is 18.0 Å². The van der Waals surface area contributed by atoms with Crippen molar-refractivity contribution in [2.45, 2.75) is 19.6 Å². The fourth-order valence-corrected chi connectivity index (χ4v) is 1.95. The molecule has 0 aliphatic carbocycles. The molecule has 0 saturated heterocycles. The van der Waals surface area contributed by atoms with Crippen LogP contribution in [0.1, 0.15) is 21.7 Å². The Morgan fingerprint density at radius 3 is 2.67 bits per heavy atom. The maximum Gasteiger partial charge on any atom is 0.417 e. The summed E-state index contributed by atoms with van der Waals surface area (Å²) in [5.74, 6) is 0.0423. The van der Waals surface area contributed by atoms with E-state index in [-0.39, 0.29) is 12.1 Å². The Labute approximate surface area is 119 Å². The minimum absolute atomic E-state index is 0.224. The largest absolute Gasteiger partial charge is 0.417 e. The Balaban J connectivity index is 2.03. The second-order valence-corrected chi connectivity index (χ2v) is 4.47. The molecule has 2 aromatic rings. The van der Waals surface area contributed by atoms with E-state index < -0.39 is 17.6 Å². The smallest absolute Gasteiger partial charge is 0.350 e. The van der Waals surface area contributed by atoms with Crippen LogP contribution in [0.5, 0.6) is 0 Å². The van der Waals surface area contributed by atoms with Crippen LogP contribution < -0.4 is 5.32 Å². The molecule has 1 aromatic heterocycles. The lowest BCUT2D eigenvalue weighted by Gasteiger charge is -2.13. The molecule has 1 aromatic carbocycles. The van der Waals surface area contributed by atoms with Gasteiger partial charge in [-0.2, -0.15) is 13.2 Å². The predicted octanol–water partition coefficient (Wildman–Crippen LogP) is 2.64. The molecule has 4 nitrogen and oxygen atoms in total. The molecule has 0 aliphatic heterocycles. The molecule has 0 spiro atoms. The van der Waals surface area contributed by atoms with Gasteiger partial charge in [-0.25, -0.2) is 4.98 Å². The number of imidazole rings is 1. The van der Waals surface area contributed by atoms with Crippen LogP contribution in [0.25, 0.3) is 0 Å². The lowest BCUT2D eigenvalue weighted by atomic mass is 10.1. The summed E-state index contributed by atoms with van der Waals surface area (Å²) < 4.78 is 40.2. The summed E-state index contributed by atoms with van der Waals surface area (Å²) in [7, 11) is 0. The van der Waals surface area contributed by atoms with Crippen LogP contribution in [-0.4, -0.2) is 22.0 Å². The Morgan fingerprint density at radius 1 is 1.33 bits per heavy atom. The third kappa shape index (κ3) is 3.62. The first-order valence-corrected chi connectivity index (χ1v) is 6.32. The number of hydrogen-bond donors (Lipinski definition) is 1. The van der Waals surface area contributed by atoms with E-state index in [4.69, 9.17) is 0 Å². The average molecular weight is 297 g/mol. The van der Waals surface area contributed by atoms with Gasteiger partial charge in [-0.15, -0.1) is 0 Å². The third-order valence-electron chi connectivity index (χ3n) is 3.04. The van der Waals surface area contributed by atoms with Crippen molar-refractivity contribution >= 4 is 5.91 Å². The molecule has 0 radical (unpaired) electrons. The topological polar surface area (TPSA) is 46.9 Å². The van der Waals surface area contributed by atoms with Crippen LogP contribution in [0.4, 0.5) is 13.2 Å². The number of alkyl halides is 3. The monoisotopic (exact) mass is 297 g/mol. The van der Waals surface area contributed by atoms with Gasteiger partial charge in [-0.1, -0.05) is 12.1 Å². The Bertz CT molecular complexity index is 634. The van der Waals surface area contributed by atoms with Gasteiger partial charge in [-0.3, -0.25) is 4.79 Å². The molecule has 1 amide bonds. The van der Waals surface area contributed by atoms with Gasteiger partial charge in [0.05, 0.1) is 11.1 Å². The first-order valence-electron chi connectivity index (χ1n) is 6.32. The standard InChI is InChI=1S/C14H14F3N3O/c1-10-18-6-8-20(10)9-7-19-13(21)11-4-2-3-5-12(11)14(15,16)17/h2-6,8H,7,9H2,1H3,(H,19,21). The van der Waals surface area contributed by atoms with Gasteiger partial charge in [0.15, 0.2) is 0 Å². The van der Waals surface area contributed by atoms with Crippen molar-refractivity contribution in [1.82, 2.24) is 14.9 Å². The van der Waals surface area contributed by atoms with Crippen molar-refractivity contribution in [3.05, 3.63) is 53.6 Å².